The fourth-order valence-electron chi connectivity index (χ4n) is 2.93. The summed E-state index contributed by atoms with van der Waals surface area (Å²) in [5.41, 5.74) is 3.76. The van der Waals surface area contributed by atoms with Gasteiger partial charge >= 0.3 is 5.97 Å². The van der Waals surface area contributed by atoms with E-state index in [2.05, 4.69) is 6.58 Å². The SMILES string of the molecule is C=C(C)c1cc(OCc2c(C)cccc2OC(=O)CC)c(C(F)F)cc1CC. The first-order valence-corrected chi connectivity index (χ1v) is 9.31. The Labute approximate surface area is 165 Å². The Hall–Kier alpha value is -2.69. The van der Waals surface area contributed by atoms with Crippen LogP contribution in [0.4, 0.5) is 8.78 Å². The molecule has 0 amide bonds. The van der Waals surface area contributed by atoms with Crippen LogP contribution in [0.1, 0.15) is 61.4 Å². The number of ether oxygens (including phenoxy) is 2. The highest BCUT2D eigenvalue weighted by Gasteiger charge is 2.19. The average molecular weight is 388 g/mol. The highest BCUT2D eigenvalue weighted by molar-refractivity contribution is 5.72. The van der Waals surface area contributed by atoms with Crippen molar-refractivity contribution in [2.45, 2.75) is 53.6 Å². The fourth-order valence-corrected chi connectivity index (χ4v) is 2.93. The molecule has 5 heteroatoms. The molecule has 0 aromatic heterocycles. The van der Waals surface area contributed by atoms with Gasteiger partial charge in [-0.15, -0.1) is 0 Å². The summed E-state index contributed by atoms with van der Waals surface area (Å²) in [7, 11) is 0. The van der Waals surface area contributed by atoms with Crippen LogP contribution in [0, 0.1) is 6.92 Å². The zero-order chi connectivity index (χ0) is 20.8. The van der Waals surface area contributed by atoms with E-state index in [1.54, 1.807) is 25.1 Å². The molecule has 2 aromatic carbocycles. The second-order valence-corrected chi connectivity index (χ2v) is 6.65. The van der Waals surface area contributed by atoms with E-state index in [0.29, 0.717) is 17.7 Å². The van der Waals surface area contributed by atoms with Gasteiger partial charge in [0, 0.05) is 12.0 Å². The molecule has 0 radical (unpaired) electrons. The molecule has 0 bridgehead atoms. The topological polar surface area (TPSA) is 35.5 Å². The van der Waals surface area contributed by atoms with Crippen LogP contribution in [-0.2, 0) is 17.8 Å². The van der Waals surface area contributed by atoms with Gasteiger partial charge < -0.3 is 9.47 Å². The lowest BCUT2D eigenvalue weighted by atomic mass is 9.96. The average Bonchev–Trinajstić information content (AvgIpc) is 2.66. The number of allylic oxidation sites excluding steroid dienone is 1. The molecule has 0 atom stereocenters. The largest absolute Gasteiger partial charge is 0.488 e. The molecule has 2 rings (SSSR count). The number of rotatable bonds is 8. The van der Waals surface area contributed by atoms with Crippen LogP contribution in [0.5, 0.6) is 11.5 Å². The van der Waals surface area contributed by atoms with Gasteiger partial charge in [0.05, 0.1) is 5.56 Å². The van der Waals surface area contributed by atoms with Crippen LogP contribution in [0.15, 0.2) is 36.9 Å². The summed E-state index contributed by atoms with van der Waals surface area (Å²) in [4.78, 5) is 11.7. The van der Waals surface area contributed by atoms with Crippen LogP contribution in [0.2, 0.25) is 0 Å². The molecule has 0 fully saturated rings. The van der Waals surface area contributed by atoms with Crippen LogP contribution in [0.25, 0.3) is 5.57 Å². The maximum Gasteiger partial charge on any atom is 0.310 e. The van der Waals surface area contributed by atoms with E-state index in [0.717, 1.165) is 22.3 Å². The Morgan fingerprint density at radius 2 is 1.89 bits per heavy atom. The van der Waals surface area contributed by atoms with E-state index in [1.165, 1.54) is 6.07 Å². The summed E-state index contributed by atoms with van der Waals surface area (Å²) < 4.78 is 38.4. The molecule has 0 aliphatic heterocycles. The molecule has 0 saturated carbocycles. The Morgan fingerprint density at radius 3 is 2.46 bits per heavy atom. The van der Waals surface area contributed by atoms with Crippen molar-refractivity contribution in [1.82, 2.24) is 0 Å². The van der Waals surface area contributed by atoms with Gasteiger partial charge in [0.15, 0.2) is 0 Å². The van der Waals surface area contributed by atoms with Gasteiger partial charge in [0.2, 0.25) is 0 Å². The second-order valence-electron chi connectivity index (χ2n) is 6.65. The lowest BCUT2D eigenvalue weighted by Gasteiger charge is -2.18. The van der Waals surface area contributed by atoms with Gasteiger partial charge in [-0.3, -0.25) is 4.79 Å². The van der Waals surface area contributed by atoms with Gasteiger partial charge in [-0.2, -0.15) is 0 Å². The minimum absolute atomic E-state index is 0.0137. The first-order chi connectivity index (χ1) is 13.3. The molecule has 0 spiro atoms. The van der Waals surface area contributed by atoms with Gasteiger partial charge in [0.25, 0.3) is 6.43 Å². The zero-order valence-corrected chi connectivity index (χ0v) is 16.8. The van der Waals surface area contributed by atoms with Crippen molar-refractivity contribution < 1.29 is 23.0 Å². The number of halogens is 2. The summed E-state index contributed by atoms with van der Waals surface area (Å²) >= 11 is 0. The third kappa shape index (κ3) is 4.97. The van der Waals surface area contributed by atoms with Crippen molar-refractivity contribution in [3.8, 4) is 11.5 Å². The molecular formula is C23H26F2O3. The Balaban J connectivity index is 2.40. The van der Waals surface area contributed by atoms with Gasteiger partial charge in [-0.25, -0.2) is 8.78 Å². The molecule has 0 unspecified atom stereocenters. The number of aryl methyl sites for hydroxylation is 2. The molecule has 0 saturated heterocycles. The minimum atomic E-state index is -2.66. The summed E-state index contributed by atoms with van der Waals surface area (Å²) in [6.45, 7) is 11.3. The standard InChI is InChI=1S/C23H26F2O3/c1-6-16-11-18(23(24)25)21(12-17(16)14(3)4)27-13-19-15(5)9-8-10-20(19)28-22(26)7-2/h8-12,23H,3,6-7,13H2,1-2,4-5H3. The molecular weight excluding hydrogens is 362 g/mol. The number of hydrogen-bond donors (Lipinski definition) is 0. The van der Waals surface area contributed by atoms with Crippen LogP contribution in [-0.4, -0.2) is 5.97 Å². The normalized spacial score (nSPS) is 10.8. The maximum atomic E-state index is 13.6. The quantitative estimate of drug-likeness (QED) is 0.386. The Kier molecular flexibility index (Phi) is 7.32. The third-order valence-electron chi connectivity index (χ3n) is 4.56. The molecule has 0 heterocycles. The third-order valence-corrected chi connectivity index (χ3v) is 4.56. The summed E-state index contributed by atoms with van der Waals surface area (Å²) in [6, 6.07) is 8.41. The molecule has 0 aliphatic carbocycles. The van der Waals surface area contributed by atoms with E-state index in [9.17, 15) is 13.6 Å². The van der Waals surface area contributed by atoms with Crippen LogP contribution < -0.4 is 9.47 Å². The van der Waals surface area contributed by atoms with Crippen molar-refractivity contribution in [2.75, 3.05) is 0 Å². The molecule has 3 nitrogen and oxygen atoms in total. The minimum Gasteiger partial charge on any atom is -0.488 e. The van der Waals surface area contributed by atoms with Crippen molar-refractivity contribution in [2.24, 2.45) is 0 Å². The summed E-state index contributed by atoms with van der Waals surface area (Å²) in [5.74, 6) is 0.133. The smallest absolute Gasteiger partial charge is 0.310 e. The molecule has 0 N–H and O–H groups in total. The second kappa shape index (κ2) is 9.49. The van der Waals surface area contributed by atoms with E-state index >= 15 is 0 Å². The lowest BCUT2D eigenvalue weighted by Crippen LogP contribution is -2.10. The van der Waals surface area contributed by atoms with E-state index < -0.39 is 6.43 Å². The number of carbonyl (C=O) groups excluding carboxylic acids is 1. The van der Waals surface area contributed by atoms with Gasteiger partial charge in [-0.1, -0.05) is 38.1 Å². The van der Waals surface area contributed by atoms with Gasteiger partial charge in [0.1, 0.15) is 18.1 Å². The highest BCUT2D eigenvalue weighted by Crippen LogP contribution is 2.35. The van der Waals surface area contributed by atoms with Crippen molar-refractivity contribution >= 4 is 11.5 Å². The maximum absolute atomic E-state index is 13.6. The lowest BCUT2D eigenvalue weighted by molar-refractivity contribution is -0.134. The monoisotopic (exact) mass is 388 g/mol. The van der Waals surface area contributed by atoms with E-state index in [-0.39, 0.29) is 30.3 Å². The number of benzene rings is 2. The fraction of sp³-hybridized carbons (Fsp3) is 0.348. The molecule has 0 aliphatic rings. The van der Waals surface area contributed by atoms with Crippen molar-refractivity contribution in [1.29, 1.82) is 0 Å². The number of hydrogen-bond acceptors (Lipinski definition) is 3. The Morgan fingerprint density at radius 1 is 1.18 bits per heavy atom. The van der Waals surface area contributed by atoms with Crippen LogP contribution in [0.3, 0.4) is 0 Å². The summed E-state index contributed by atoms with van der Waals surface area (Å²) in [5, 5.41) is 0. The predicted molar refractivity (Wildman–Crippen MR) is 107 cm³/mol. The Bertz CT molecular complexity index is 872. The molecule has 150 valence electrons. The summed E-state index contributed by atoms with van der Waals surface area (Å²) in [6.07, 6.45) is -1.80. The van der Waals surface area contributed by atoms with E-state index in [1.807, 2.05) is 26.8 Å². The van der Waals surface area contributed by atoms with Crippen LogP contribution >= 0.6 is 0 Å². The number of carbonyl (C=O) groups is 1. The van der Waals surface area contributed by atoms with E-state index in [4.69, 9.17) is 9.47 Å². The first-order valence-electron chi connectivity index (χ1n) is 9.31. The highest BCUT2D eigenvalue weighted by atomic mass is 19.3. The number of alkyl halides is 2. The van der Waals surface area contributed by atoms with Crippen molar-refractivity contribution in [3.05, 3.63) is 64.7 Å². The predicted octanol–water partition coefficient (Wildman–Crippen LogP) is 6.42. The van der Waals surface area contributed by atoms with Crippen molar-refractivity contribution in [3.63, 3.8) is 0 Å². The molecule has 2 aromatic rings. The zero-order valence-electron chi connectivity index (χ0n) is 16.8. The number of esters is 1. The van der Waals surface area contributed by atoms with Gasteiger partial charge in [-0.05, 0) is 55.2 Å². The first kappa shape index (κ1) is 21.6. The molecule has 28 heavy (non-hydrogen) atoms.